The third kappa shape index (κ3) is 8.20. The molecular formula is C31H32N2O6. The maximum atomic E-state index is 12.4. The van der Waals surface area contributed by atoms with E-state index in [9.17, 15) is 9.59 Å². The number of aryl methyl sites for hydroxylation is 1. The topological polar surface area (TPSA) is 107 Å². The van der Waals surface area contributed by atoms with Crippen molar-refractivity contribution in [3.05, 3.63) is 95.8 Å². The van der Waals surface area contributed by atoms with Gasteiger partial charge in [0.25, 0.3) is 5.91 Å². The summed E-state index contributed by atoms with van der Waals surface area (Å²) in [5.41, 5.74) is 1.99. The molecular weight excluding hydrogens is 496 g/mol. The molecule has 2 N–H and O–H groups in total. The summed E-state index contributed by atoms with van der Waals surface area (Å²) in [6, 6.07) is 22.6. The van der Waals surface area contributed by atoms with Gasteiger partial charge in [-0.05, 0) is 89.7 Å². The van der Waals surface area contributed by atoms with Gasteiger partial charge in [-0.2, -0.15) is 0 Å². The highest BCUT2D eigenvalue weighted by atomic mass is 16.5. The van der Waals surface area contributed by atoms with Crippen molar-refractivity contribution in [3.8, 4) is 17.2 Å². The van der Waals surface area contributed by atoms with Gasteiger partial charge in [-0.25, -0.2) is 0 Å². The second-order valence-corrected chi connectivity index (χ2v) is 9.00. The molecule has 4 aromatic rings. The van der Waals surface area contributed by atoms with Gasteiger partial charge in [0.05, 0.1) is 20.3 Å². The zero-order chi connectivity index (χ0) is 27.5. The normalized spacial score (nSPS) is 10.7. The predicted molar refractivity (Wildman–Crippen MR) is 149 cm³/mol. The van der Waals surface area contributed by atoms with Crippen LogP contribution in [0.25, 0.3) is 10.8 Å². The minimum absolute atomic E-state index is 0.00674. The highest BCUT2D eigenvalue weighted by Crippen LogP contribution is 2.25. The van der Waals surface area contributed by atoms with E-state index in [4.69, 9.17) is 19.3 Å². The van der Waals surface area contributed by atoms with Crippen LogP contribution in [0, 0.1) is 0 Å². The number of carboxylic acids is 1. The van der Waals surface area contributed by atoms with E-state index in [0.717, 1.165) is 46.2 Å². The smallest absolute Gasteiger partial charge is 0.303 e. The van der Waals surface area contributed by atoms with Crippen molar-refractivity contribution >= 4 is 22.6 Å². The summed E-state index contributed by atoms with van der Waals surface area (Å²) in [7, 11) is 1.66. The van der Waals surface area contributed by atoms with Crippen molar-refractivity contribution in [1.29, 1.82) is 0 Å². The third-order valence-corrected chi connectivity index (χ3v) is 6.22. The molecule has 0 bridgehead atoms. The number of rotatable bonds is 14. The Morgan fingerprint density at radius 1 is 0.821 bits per heavy atom. The fraction of sp³-hybridized carbons (Fsp3) is 0.258. The number of carbonyl (C=O) groups excluding carboxylic acids is 1. The summed E-state index contributed by atoms with van der Waals surface area (Å²) in [5.74, 6) is 1.15. The number of carbonyl (C=O) groups is 2. The molecule has 8 heteroatoms. The van der Waals surface area contributed by atoms with Crippen LogP contribution in [0.3, 0.4) is 0 Å². The molecule has 202 valence electrons. The number of nitrogens with one attached hydrogen (secondary N) is 1. The van der Waals surface area contributed by atoms with E-state index in [1.807, 2.05) is 54.6 Å². The van der Waals surface area contributed by atoms with Crippen LogP contribution in [0.1, 0.15) is 40.9 Å². The van der Waals surface area contributed by atoms with Crippen molar-refractivity contribution in [2.75, 3.05) is 20.3 Å². The number of aliphatic carboxylic acids is 1. The SMILES string of the molecule is COc1ccc2cc(OCCCCOc3ccc(CCC(=O)O)c(CNC(=O)c4ccccn4)c3)ccc2c1. The lowest BCUT2D eigenvalue weighted by molar-refractivity contribution is -0.136. The van der Waals surface area contributed by atoms with Crippen molar-refractivity contribution < 1.29 is 28.9 Å². The number of hydrogen-bond donors (Lipinski definition) is 2. The first-order chi connectivity index (χ1) is 19.0. The fourth-order valence-corrected chi connectivity index (χ4v) is 4.11. The van der Waals surface area contributed by atoms with Crippen molar-refractivity contribution in [2.45, 2.75) is 32.2 Å². The molecule has 0 aliphatic rings. The van der Waals surface area contributed by atoms with E-state index in [1.54, 1.807) is 31.5 Å². The summed E-state index contributed by atoms with van der Waals surface area (Å²) in [6.45, 7) is 1.33. The van der Waals surface area contributed by atoms with E-state index in [-0.39, 0.29) is 18.9 Å². The Hall–Kier alpha value is -4.59. The lowest BCUT2D eigenvalue weighted by Crippen LogP contribution is -2.24. The highest BCUT2D eigenvalue weighted by molar-refractivity contribution is 5.92. The van der Waals surface area contributed by atoms with Gasteiger partial charge in [0.15, 0.2) is 0 Å². The fourth-order valence-electron chi connectivity index (χ4n) is 4.11. The van der Waals surface area contributed by atoms with Crippen LogP contribution in [0.5, 0.6) is 17.2 Å². The molecule has 0 radical (unpaired) electrons. The monoisotopic (exact) mass is 528 g/mol. The Morgan fingerprint density at radius 2 is 1.49 bits per heavy atom. The minimum atomic E-state index is -0.870. The number of methoxy groups -OCH3 is 1. The first-order valence-electron chi connectivity index (χ1n) is 12.9. The summed E-state index contributed by atoms with van der Waals surface area (Å²) in [5, 5.41) is 14.1. The van der Waals surface area contributed by atoms with Crippen LogP contribution in [0.2, 0.25) is 0 Å². The summed E-state index contributed by atoms with van der Waals surface area (Å²) < 4.78 is 17.1. The molecule has 0 aliphatic heterocycles. The highest BCUT2D eigenvalue weighted by Gasteiger charge is 2.11. The van der Waals surface area contributed by atoms with Gasteiger partial charge in [-0.1, -0.05) is 24.3 Å². The number of ether oxygens (including phenoxy) is 3. The molecule has 0 aliphatic carbocycles. The molecule has 0 spiro atoms. The Kier molecular flexibility index (Phi) is 9.72. The number of amides is 1. The quantitative estimate of drug-likeness (QED) is 0.210. The lowest BCUT2D eigenvalue weighted by atomic mass is 10.0. The summed E-state index contributed by atoms with van der Waals surface area (Å²) in [4.78, 5) is 27.6. The number of benzene rings is 3. The van der Waals surface area contributed by atoms with Crippen LogP contribution in [-0.2, 0) is 17.8 Å². The first kappa shape index (κ1) is 27.4. The van der Waals surface area contributed by atoms with Crippen LogP contribution in [0.15, 0.2) is 79.0 Å². The van der Waals surface area contributed by atoms with Gasteiger partial charge in [0.1, 0.15) is 22.9 Å². The average molecular weight is 529 g/mol. The molecule has 8 nitrogen and oxygen atoms in total. The molecule has 0 saturated heterocycles. The van der Waals surface area contributed by atoms with Crippen molar-refractivity contribution in [3.63, 3.8) is 0 Å². The molecule has 4 rings (SSSR count). The zero-order valence-corrected chi connectivity index (χ0v) is 21.9. The molecule has 1 heterocycles. The molecule has 3 aromatic carbocycles. The van der Waals surface area contributed by atoms with Gasteiger partial charge in [0.2, 0.25) is 0 Å². The number of hydrogen-bond acceptors (Lipinski definition) is 6. The number of unbranched alkanes of at least 4 members (excludes halogenated alkanes) is 1. The second kappa shape index (κ2) is 13.8. The molecule has 0 saturated carbocycles. The largest absolute Gasteiger partial charge is 0.497 e. The zero-order valence-electron chi connectivity index (χ0n) is 21.9. The first-order valence-corrected chi connectivity index (χ1v) is 12.9. The molecule has 1 amide bonds. The Labute approximate surface area is 227 Å². The molecule has 39 heavy (non-hydrogen) atoms. The number of pyridine rings is 1. The number of nitrogens with zero attached hydrogens (tertiary/aromatic N) is 1. The van der Waals surface area contributed by atoms with Gasteiger partial charge in [-0.3, -0.25) is 14.6 Å². The van der Waals surface area contributed by atoms with Gasteiger partial charge in [-0.15, -0.1) is 0 Å². The second-order valence-electron chi connectivity index (χ2n) is 9.00. The van der Waals surface area contributed by atoms with Crippen LogP contribution >= 0.6 is 0 Å². The molecule has 0 fully saturated rings. The molecule has 0 unspecified atom stereocenters. The Bertz CT molecular complexity index is 1410. The maximum Gasteiger partial charge on any atom is 0.303 e. The third-order valence-electron chi connectivity index (χ3n) is 6.22. The van der Waals surface area contributed by atoms with E-state index < -0.39 is 5.97 Å². The van der Waals surface area contributed by atoms with Gasteiger partial charge < -0.3 is 24.6 Å². The van der Waals surface area contributed by atoms with E-state index >= 15 is 0 Å². The van der Waals surface area contributed by atoms with Crippen molar-refractivity contribution in [1.82, 2.24) is 10.3 Å². The molecule has 0 atom stereocenters. The van der Waals surface area contributed by atoms with Gasteiger partial charge >= 0.3 is 5.97 Å². The lowest BCUT2D eigenvalue weighted by Gasteiger charge is -2.14. The van der Waals surface area contributed by atoms with Gasteiger partial charge in [0, 0.05) is 19.2 Å². The average Bonchev–Trinajstić information content (AvgIpc) is 2.97. The Morgan fingerprint density at radius 3 is 2.15 bits per heavy atom. The van der Waals surface area contributed by atoms with E-state index in [2.05, 4.69) is 10.3 Å². The van der Waals surface area contributed by atoms with Crippen LogP contribution in [0.4, 0.5) is 0 Å². The summed E-state index contributed by atoms with van der Waals surface area (Å²) in [6.07, 6.45) is 3.56. The van der Waals surface area contributed by atoms with E-state index in [1.165, 1.54) is 0 Å². The number of fused-ring (bicyclic) bond motifs is 1. The van der Waals surface area contributed by atoms with Crippen LogP contribution < -0.4 is 19.5 Å². The maximum absolute atomic E-state index is 12.4. The number of aromatic nitrogens is 1. The number of carboxylic acid groups (broad SMARTS) is 1. The van der Waals surface area contributed by atoms with Crippen molar-refractivity contribution in [2.24, 2.45) is 0 Å². The summed E-state index contributed by atoms with van der Waals surface area (Å²) >= 11 is 0. The van der Waals surface area contributed by atoms with Crippen LogP contribution in [-0.4, -0.2) is 42.3 Å². The minimum Gasteiger partial charge on any atom is -0.497 e. The molecule has 1 aromatic heterocycles. The predicted octanol–water partition coefficient (Wildman–Crippen LogP) is 5.43. The Balaban J connectivity index is 1.26. The standard InChI is InChI=1S/C31H32N2O6/c1-37-26-11-8-24-19-27(13-9-23(24)18-26)38-16-4-5-17-39-28-12-7-22(10-14-30(34)35)25(20-28)21-33-31(36)29-6-2-3-15-32-29/h2-3,6-9,11-13,15,18-20H,4-5,10,14,16-17,21H2,1H3,(H,33,36)(H,34,35). The van der Waals surface area contributed by atoms with E-state index in [0.29, 0.717) is 31.1 Å².